The summed E-state index contributed by atoms with van der Waals surface area (Å²) in [6.07, 6.45) is 1.98. The molecule has 6 nitrogen and oxygen atoms in total. The Hall–Kier alpha value is -2.60. The van der Waals surface area contributed by atoms with Crippen LogP contribution in [0.15, 0.2) is 91.0 Å². The Kier molecular flexibility index (Phi) is 14.3. The van der Waals surface area contributed by atoms with Gasteiger partial charge in [0, 0.05) is 5.41 Å². The monoisotopic (exact) mass is 529 g/mol. The van der Waals surface area contributed by atoms with Crippen molar-refractivity contribution >= 4 is 24.3 Å². The molecular formula is C30H42O6P+. The lowest BCUT2D eigenvalue weighted by molar-refractivity contribution is 0.00497. The Balaban J connectivity index is 0.000000287. The molecule has 0 unspecified atom stereocenters. The maximum Gasteiger partial charge on any atom is 0.335 e. The molecule has 7 heteroatoms. The Morgan fingerprint density at radius 1 is 0.730 bits per heavy atom. The third-order valence-corrected chi connectivity index (χ3v) is 8.36. The Morgan fingerprint density at radius 3 is 1.38 bits per heavy atom. The number of aromatic carboxylic acids is 1. The topological polar surface area (TPSA) is 118 Å². The number of carbonyl (C=O) groups is 1. The first-order valence-corrected chi connectivity index (χ1v) is 14.2. The number of hydrogen-bond acceptors (Lipinski definition) is 5. The molecule has 0 aliphatic heterocycles. The minimum absolute atomic E-state index is 0.0912. The molecule has 3 aromatic rings. The third-order valence-electron chi connectivity index (χ3n) is 6.33. The maximum atomic E-state index is 10.2. The van der Waals surface area contributed by atoms with E-state index in [4.69, 9.17) is 5.11 Å². The molecular weight excluding hydrogens is 487 g/mol. The first-order chi connectivity index (χ1) is 17.5. The van der Waals surface area contributed by atoms with Crippen LogP contribution in [0, 0.1) is 17.3 Å². The van der Waals surface area contributed by atoms with Crippen molar-refractivity contribution in [1.82, 2.24) is 0 Å². The van der Waals surface area contributed by atoms with Crippen LogP contribution >= 0.6 is 7.72 Å². The van der Waals surface area contributed by atoms with Crippen LogP contribution in [0.2, 0.25) is 0 Å². The van der Waals surface area contributed by atoms with Gasteiger partial charge in [-0.1, -0.05) is 88.7 Å². The molecule has 0 aromatic heterocycles. The second kappa shape index (κ2) is 16.3. The van der Waals surface area contributed by atoms with Crippen LogP contribution in [0.3, 0.4) is 0 Å². The number of benzene rings is 3. The fraction of sp³-hybridized carbons (Fsp3) is 0.367. The molecule has 0 amide bonds. The van der Waals surface area contributed by atoms with Crippen molar-refractivity contribution in [2.24, 2.45) is 17.3 Å². The van der Waals surface area contributed by atoms with Gasteiger partial charge in [-0.05, 0) is 54.7 Å². The molecule has 0 atom stereocenters. The van der Waals surface area contributed by atoms with Crippen molar-refractivity contribution in [3.8, 4) is 0 Å². The van der Waals surface area contributed by atoms with E-state index in [0.717, 1.165) is 12.8 Å². The molecule has 202 valence electrons. The summed E-state index contributed by atoms with van der Waals surface area (Å²) in [6, 6.07) is 26.2. The van der Waals surface area contributed by atoms with E-state index in [-0.39, 0.29) is 18.6 Å². The zero-order valence-electron chi connectivity index (χ0n) is 22.2. The normalized spacial score (nSPS) is 11.3. The highest BCUT2D eigenvalue weighted by Crippen LogP contribution is 2.46. The SMILES string of the molecule is CC(C)CCC(CO)(CO)C(C)C.O=C(O)c1ccccc1.O[P+](O)(c1ccccc1)c1ccccc1. The molecule has 0 aliphatic rings. The van der Waals surface area contributed by atoms with Gasteiger partial charge in [0.05, 0.1) is 18.8 Å². The zero-order valence-corrected chi connectivity index (χ0v) is 23.1. The van der Waals surface area contributed by atoms with Crippen LogP contribution in [0.1, 0.15) is 50.9 Å². The second-order valence-electron chi connectivity index (χ2n) is 9.71. The fourth-order valence-corrected chi connectivity index (χ4v) is 4.91. The maximum absolute atomic E-state index is 10.2. The van der Waals surface area contributed by atoms with Crippen molar-refractivity contribution in [1.29, 1.82) is 0 Å². The van der Waals surface area contributed by atoms with Crippen LogP contribution in [0.25, 0.3) is 0 Å². The van der Waals surface area contributed by atoms with Crippen LogP contribution in [0.4, 0.5) is 0 Å². The third kappa shape index (κ3) is 10.7. The lowest BCUT2D eigenvalue weighted by Crippen LogP contribution is -2.35. The number of aliphatic hydroxyl groups is 2. The molecule has 5 N–H and O–H groups in total. The second-order valence-corrected chi connectivity index (χ2v) is 11.9. The number of aliphatic hydroxyl groups excluding tert-OH is 2. The standard InChI is InChI=1S/C12H12O2P.C11H24O2.C7H6O2/c13-15(14,11-7-3-1-4-8-11)12-9-5-2-6-10-12;1-9(2)5-6-11(7-12,8-13)10(3)4;8-7(9)6-4-2-1-3-5-6/h1-10,13-14H;9-10,12-13H,5-8H2,1-4H3;1-5H,(H,8,9)/q+1;;. The molecule has 3 rings (SSSR count). The van der Waals surface area contributed by atoms with Gasteiger partial charge in [-0.2, -0.15) is 0 Å². The van der Waals surface area contributed by atoms with E-state index in [1.54, 1.807) is 78.9 Å². The van der Waals surface area contributed by atoms with Gasteiger partial charge in [0.1, 0.15) is 0 Å². The molecule has 3 aromatic carbocycles. The Bertz CT molecular complexity index is 963. The Labute approximate surface area is 221 Å². The molecule has 0 spiro atoms. The molecule has 37 heavy (non-hydrogen) atoms. The lowest BCUT2D eigenvalue weighted by atomic mass is 9.74. The summed E-state index contributed by atoms with van der Waals surface area (Å²) in [5, 5.41) is 28.1. The molecule has 0 radical (unpaired) electrons. The molecule has 0 saturated carbocycles. The first kappa shape index (κ1) is 32.4. The summed E-state index contributed by atoms with van der Waals surface area (Å²) in [6.45, 7) is 8.64. The van der Waals surface area contributed by atoms with E-state index in [1.165, 1.54) is 0 Å². The van der Waals surface area contributed by atoms with Crippen LogP contribution in [-0.2, 0) is 0 Å². The summed E-state index contributed by atoms with van der Waals surface area (Å²) >= 11 is 0. The number of carboxylic acid groups (broad SMARTS) is 1. The first-order valence-electron chi connectivity index (χ1n) is 12.5. The van der Waals surface area contributed by atoms with E-state index in [1.807, 2.05) is 12.1 Å². The minimum Gasteiger partial charge on any atom is -0.478 e. The van der Waals surface area contributed by atoms with Gasteiger partial charge in [-0.25, -0.2) is 14.6 Å². The van der Waals surface area contributed by atoms with Gasteiger partial charge in [-0.3, -0.25) is 0 Å². The van der Waals surface area contributed by atoms with Gasteiger partial charge in [0.15, 0.2) is 10.6 Å². The van der Waals surface area contributed by atoms with Gasteiger partial charge in [-0.15, -0.1) is 0 Å². The largest absolute Gasteiger partial charge is 0.478 e. The van der Waals surface area contributed by atoms with Crippen molar-refractivity contribution < 1.29 is 29.9 Å². The molecule has 0 fully saturated rings. The van der Waals surface area contributed by atoms with Gasteiger partial charge in [0.2, 0.25) is 0 Å². The highest BCUT2D eigenvalue weighted by atomic mass is 31.2. The summed E-state index contributed by atoms with van der Waals surface area (Å²) in [5.74, 6) is 0.0908. The predicted molar refractivity (Wildman–Crippen MR) is 152 cm³/mol. The molecule has 0 bridgehead atoms. The van der Waals surface area contributed by atoms with Crippen molar-refractivity contribution in [3.63, 3.8) is 0 Å². The van der Waals surface area contributed by atoms with E-state index in [9.17, 15) is 24.8 Å². The van der Waals surface area contributed by atoms with Gasteiger partial charge < -0.3 is 15.3 Å². The van der Waals surface area contributed by atoms with E-state index >= 15 is 0 Å². The smallest absolute Gasteiger partial charge is 0.335 e. The summed E-state index contributed by atoms with van der Waals surface area (Å²) in [4.78, 5) is 30.4. The fourth-order valence-electron chi connectivity index (χ4n) is 3.44. The van der Waals surface area contributed by atoms with Crippen LogP contribution in [-0.4, -0.2) is 44.3 Å². The van der Waals surface area contributed by atoms with Gasteiger partial charge in [0.25, 0.3) is 0 Å². The van der Waals surface area contributed by atoms with Gasteiger partial charge >= 0.3 is 13.7 Å². The quantitative estimate of drug-likeness (QED) is 0.252. The number of carboxylic acids is 1. The summed E-state index contributed by atoms with van der Waals surface area (Å²) < 4.78 is 0. The molecule has 0 aliphatic carbocycles. The van der Waals surface area contributed by atoms with Crippen LogP contribution in [0.5, 0.6) is 0 Å². The minimum atomic E-state index is -3.15. The predicted octanol–water partition coefficient (Wildman–Crippen LogP) is 4.90. The highest BCUT2D eigenvalue weighted by molar-refractivity contribution is 7.79. The Morgan fingerprint density at radius 2 is 1.11 bits per heavy atom. The average molecular weight is 530 g/mol. The van der Waals surface area contributed by atoms with Crippen molar-refractivity contribution in [2.75, 3.05) is 13.2 Å². The average Bonchev–Trinajstić information content (AvgIpc) is 2.91. The van der Waals surface area contributed by atoms with E-state index in [2.05, 4.69) is 27.7 Å². The lowest BCUT2D eigenvalue weighted by Gasteiger charge is -2.34. The number of rotatable bonds is 9. The summed E-state index contributed by atoms with van der Waals surface area (Å²) in [7, 11) is -3.15. The van der Waals surface area contributed by atoms with Crippen molar-refractivity contribution in [3.05, 3.63) is 96.6 Å². The highest BCUT2D eigenvalue weighted by Gasteiger charge is 2.39. The molecule has 0 saturated heterocycles. The molecule has 0 heterocycles. The number of hydrogen-bond donors (Lipinski definition) is 5. The van der Waals surface area contributed by atoms with E-state index in [0.29, 0.717) is 28.0 Å². The van der Waals surface area contributed by atoms with Crippen LogP contribution < -0.4 is 10.6 Å². The zero-order chi connectivity index (χ0) is 27.9. The van der Waals surface area contributed by atoms with Crippen molar-refractivity contribution in [2.45, 2.75) is 40.5 Å². The van der Waals surface area contributed by atoms with E-state index < -0.39 is 13.7 Å². The summed E-state index contributed by atoms with van der Waals surface area (Å²) in [5.41, 5.74) is 0.0575.